The van der Waals surface area contributed by atoms with Gasteiger partial charge < -0.3 is 5.73 Å². The molecule has 0 heterocycles. The summed E-state index contributed by atoms with van der Waals surface area (Å²) < 4.78 is 0. The summed E-state index contributed by atoms with van der Waals surface area (Å²) in [5.74, 6) is 0.570. The maximum Gasteiger partial charge on any atom is 0.0965 e. The highest BCUT2D eigenvalue weighted by atomic mass is 14.8. The molecule has 0 amide bonds. The van der Waals surface area contributed by atoms with Gasteiger partial charge in [0.15, 0.2) is 0 Å². The van der Waals surface area contributed by atoms with Gasteiger partial charge in [0.2, 0.25) is 0 Å². The first-order chi connectivity index (χ1) is 12.5. The minimum atomic E-state index is 0.570. The first-order valence-corrected chi connectivity index (χ1v) is 8.79. The zero-order valence-electron chi connectivity index (χ0n) is 15.7. The number of benzene rings is 2. The molecule has 0 bridgehead atoms. The molecule has 0 radical (unpaired) electrons. The van der Waals surface area contributed by atoms with Crippen LogP contribution in [0.15, 0.2) is 71.3 Å². The normalized spacial score (nSPS) is 12.1. The largest absolute Gasteiger partial charge is 0.387 e. The van der Waals surface area contributed by atoms with Gasteiger partial charge in [0.1, 0.15) is 0 Å². The number of nitrogens with zero attached hydrogens (tertiary/aromatic N) is 2. The summed E-state index contributed by atoms with van der Waals surface area (Å²) in [4.78, 5) is 8.42. The van der Waals surface area contributed by atoms with Gasteiger partial charge in [-0.25, -0.2) is 4.99 Å². The lowest BCUT2D eigenvalue weighted by Crippen LogP contribution is -2.04. The van der Waals surface area contributed by atoms with E-state index in [1.54, 1.807) is 6.92 Å². The van der Waals surface area contributed by atoms with Crippen LogP contribution in [0, 0.1) is 6.92 Å². The van der Waals surface area contributed by atoms with Crippen LogP contribution in [0.3, 0.4) is 0 Å². The number of aryl methyl sites for hydroxylation is 2. The monoisotopic (exact) mass is 345 g/mol. The molecule has 3 heteroatoms. The molecule has 2 aromatic rings. The van der Waals surface area contributed by atoms with Gasteiger partial charge in [-0.05, 0) is 73.7 Å². The van der Waals surface area contributed by atoms with E-state index >= 15 is 0 Å². The van der Waals surface area contributed by atoms with E-state index in [9.17, 15) is 0 Å². The number of rotatable bonds is 8. The third-order valence-electron chi connectivity index (χ3n) is 4.18. The van der Waals surface area contributed by atoms with Crippen molar-refractivity contribution in [2.24, 2.45) is 15.7 Å². The van der Waals surface area contributed by atoms with Crippen LogP contribution in [0.1, 0.15) is 35.6 Å². The Hall–Kier alpha value is -2.94. The lowest BCUT2D eigenvalue weighted by atomic mass is 9.96. The summed E-state index contributed by atoms with van der Waals surface area (Å²) >= 11 is 0. The van der Waals surface area contributed by atoms with Crippen LogP contribution in [-0.2, 0) is 12.8 Å². The number of allylic oxidation sites excluding steroid dienone is 2. The van der Waals surface area contributed by atoms with Crippen molar-refractivity contribution < 1.29 is 0 Å². The number of hydrogen-bond acceptors (Lipinski definition) is 2. The molecule has 0 saturated carbocycles. The fourth-order valence-electron chi connectivity index (χ4n) is 2.86. The number of hydrogen-bond donors (Lipinski definition) is 1. The second-order valence-electron chi connectivity index (χ2n) is 6.40. The summed E-state index contributed by atoms with van der Waals surface area (Å²) in [6.45, 7) is 11.3. The highest BCUT2D eigenvalue weighted by Crippen LogP contribution is 2.25. The highest BCUT2D eigenvalue weighted by molar-refractivity contribution is 5.81. The van der Waals surface area contributed by atoms with Crippen LogP contribution in [0.25, 0.3) is 5.57 Å². The zero-order valence-corrected chi connectivity index (χ0v) is 15.7. The predicted octanol–water partition coefficient (Wildman–Crippen LogP) is 5.41. The topological polar surface area (TPSA) is 50.7 Å². The standard InChI is InChI=1S/C23H27N3/c1-5-7-19-8-6-9-21(14-19)22(16-25-4)13-12-20-11-10-17(2)23(15-20)26-18(3)24/h5-6,8-11,14-16H,1,4,7,12-13H2,2-3H3,(H2,24,26)/b22-16+. The van der Waals surface area contributed by atoms with Crippen molar-refractivity contribution in [1.82, 2.24) is 0 Å². The van der Waals surface area contributed by atoms with E-state index in [2.05, 4.69) is 65.7 Å². The van der Waals surface area contributed by atoms with E-state index < -0.39 is 0 Å². The third-order valence-corrected chi connectivity index (χ3v) is 4.18. The van der Waals surface area contributed by atoms with Crippen molar-refractivity contribution in [3.05, 3.63) is 83.6 Å². The number of aliphatic imine (C=N–C) groups is 2. The van der Waals surface area contributed by atoms with Crippen molar-refractivity contribution in [2.45, 2.75) is 33.1 Å². The van der Waals surface area contributed by atoms with E-state index in [4.69, 9.17) is 5.73 Å². The van der Waals surface area contributed by atoms with Gasteiger partial charge in [0.05, 0.1) is 11.5 Å². The quantitative estimate of drug-likeness (QED) is 0.388. The summed E-state index contributed by atoms with van der Waals surface area (Å²) in [7, 11) is 0. The van der Waals surface area contributed by atoms with Gasteiger partial charge in [-0.2, -0.15) is 0 Å². The van der Waals surface area contributed by atoms with Crippen molar-refractivity contribution in [3.8, 4) is 0 Å². The summed E-state index contributed by atoms with van der Waals surface area (Å²) in [6.07, 6.45) is 6.41. The Labute approximate surface area is 156 Å². The van der Waals surface area contributed by atoms with Gasteiger partial charge in [-0.3, -0.25) is 4.99 Å². The first-order valence-electron chi connectivity index (χ1n) is 8.79. The molecule has 0 aliphatic heterocycles. The van der Waals surface area contributed by atoms with Crippen LogP contribution >= 0.6 is 0 Å². The first kappa shape index (κ1) is 19.4. The van der Waals surface area contributed by atoms with Gasteiger partial charge in [-0.15, -0.1) is 6.58 Å². The number of nitrogens with two attached hydrogens (primary N) is 1. The van der Waals surface area contributed by atoms with E-state index in [0.717, 1.165) is 30.5 Å². The van der Waals surface area contributed by atoms with Crippen LogP contribution in [0.5, 0.6) is 0 Å². The molecule has 26 heavy (non-hydrogen) atoms. The van der Waals surface area contributed by atoms with E-state index in [-0.39, 0.29) is 0 Å². The van der Waals surface area contributed by atoms with Crippen molar-refractivity contribution in [1.29, 1.82) is 0 Å². The lowest BCUT2D eigenvalue weighted by molar-refractivity contribution is 1.01. The molecule has 0 aliphatic rings. The van der Waals surface area contributed by atoms with E-state index in [1.807, 2.05) is 19.2 Å². The second kappa shape index (κ2) is 9.52. The number of amidine groups is 1. The summed E-state index contributed by atoms with van der Waals surface area (Å²) in [5.41, 5.74) is 12.6. The maximum atomic E-state index is 5.73. The Morgan fingerprint density at radius 2 is 1.96 bits per heavy atom. The van der Waals surface area contributed by atoms with Gasteiger partial charge in [0.25, 0.3) is 0 Å². The molecule has 2 aromatic carbocycles. The van der Waals surface area contributed by atoms with Crippen molar-refractivity contribution in [2.75, 3.05) is 0 Å². The minimum Gasteiger partial charge on any atom is -0.387 e. The average molecular weight is 345 g/mol. The second-order valence-corrected chi connectivity index (χ2v) is 6.40. The molecule has 0 aliphatic carbocycles. The Kier molecular flexibility index (Phi) is 7.10. The molecule has 0 spiro atoms. The predicted molar refractivity (Wildman–Crippen MR) is 114 cm³/mol. The Morgan fingerprint density at radius 1 is 1.15 bits per heavy atom. The summed E-state index contributed by atoms with van der Waals surface area (Å²) in [6, 6.07) is 14.9. The lowest BCUT2D eigenvalue weighted by Gasteiger charge is -2.10. The Balaban J connectivity index is 2.21. The van der Waals surface area contributed by atoms with Crippen LogP contribution in [-0.4, -0.2) is 12.6 Å². The maximum absolute atomic E-state index is 5.73. The minimum absolute atomic E-state index is 0.570. The highest BCUT2D eigenvalue weighted by Gasteiger charge is 2.06. The van der Waals surface area contributed by atoms with Gasteiger partial charge >= 0.3 is 0 Å². The van der Waals surface area contributed by atoms with Crippen molar-refractivity contribution in [3.63, 3.8) is 0 Å². The Bertz CT molecular complexity index is 840. The smallest absolute Gasteiger partial charge is 0.0965 e. The molecule has 0 saturated heterocycles. The molecule has 0 unspecified atom stereocenters. The molecule has 0 fully saturated rings. The molecule has 0 aromatic heterocycles. The molecular formula is C23H27N3. The molecule has 3 nitrogen and oxygen atoms in total. The fourth-order valence-corrected chi connectivity index (χ4v) is 2.86. The molecular weight excluding hydrogens is 318 g/mol. The SMILES string of the molecule is C=CCc1cccc(/C(=C/N=C)CCc2ccc(C)c(N=C(C)N)c2)c1. The van der Waals surface area contributed by atoms with Crippen LogP contribution in [0.2, 0.25) is 0 Å². The third kappa shape index (κ3) is 5.55. The van der Waals surface area contributed by atoms with Gasteiger partial charge in [-0.1, -0.05) is 42.5 Å². The molecule has 2 rings (SSSR count). The fraction of sp³-hybridized carbons (Fsp3) is 0.217. The van der Waals surface area contributed by atoms with Gasteiger partial charge in [0, 0.05) is 6.20 Å². The van der Waals surface area contributed by atoms with E-state index in [1.165, 1.54) is 22.3 Å². The molecule has 2 N–H and O–H groups in total. The average Bonchev–Trinajstić information content (AvgIpc) is 2.61. The Morgan fingerprint density at radius 3 is 2.65 bits per heavy atom. The molecule has 134 valence electrons. The van der Waals surface area contributed by atoms with E-state index in [0.29, 0.717) is 5.84 Å². The van der Waals surface area contributed by atoms with Crippen LogP contribution < -0.4 is 5.73 Å². The van der Waals surface area contributed by atoms with Crippen LogP contribution in [0.4, 0.5) is 5.69 Å². The zero-order chi connectivity index (χ0) is 18.9. The molecule has 0 atom stereocenters. The van der Waals surface area contributed by atoms with Crippen molar-refractivity contribution >= 4 is 23.8 Å². The summed E-state index contributed by atoms with van der Waals surface area (Å²) in [5, 5.41) is 0.